The predicted octanol–water partition coefficient (Wildman–Crippen LogP) is 5.49. The molecule has 2 nitrogen and oxygen atoms in total. The average Bonchev–Trinajstić information content (AvgIpc) is 2.51. The molecule has 21 heavy (non-hydrogen) atoms. The van der Waals surface area contributed by atoms with Gasteiger partial charge in [0.05, 0.1) is 4.83 Å². The van der Waals surface area contributed by atoms with Crippen molar-refractivity contribution in [1.29, 1.82) is 0 Å². The summed E-state index contributed by atoms with van der Waals surface area (Å²) in [5.41, 5.74) is 2.63. The van der Waals surface area contributed by atoms with E-state index in [-0.39, 0.29) is 10.7 Å². The zero-order chi connectivity index (χ0) is 15.4. The van der Waals surface area contributed by atoms with Crippen molar-refractivity contribution in [2.24, 2.45) is 0 Å². The van der Waals surface area contributed by atoms with Gasteiger partial charge in [-0.15, -0.1) is 0 Å². The van der Waals surface area contributed by atoms with Crippen molar-refractivity contribution >= 4 is 55.1 Å². The Bertz CT molecular complexity index is 633. The fourth-order valence-corrected chi connectivity index (χ4v) is 3.02. The molecule has 0 saturated heterocycles. The van der Waals surface area contributed by atoms with Crippen molar-refractivity contribution < 1.29 is 4.79 Å². The smallest absolute Gasteiger partial charge is 0.239 e. The second-order valence-electron chi connectivity index (χ2n) is 4.62. The van der Waals surface area contributed by atoms with Crippen LogP contribution in [-0.2, 0) is 4.79 Å². The first-order chi connectivity index (χ1) is 10.0. The lowest BCUT2D eigenvalue weighted by Gasteiger charge is -2.18. The largest absolute Gasteiger partial charge is 0.325 e. The van der Waals surface area contributed by atoms with E-state index in [1.165, 1.54) is 0 Å². The summed E-state index contributed by atoms with van der Waals surface area (Å²) in [5.74, 6) is -0.119. The van der Waals surface area contributed by atoms with Gasteiger partial charge in [-0.1, -0.05) is 79.9 Å². The van der Waals surface area contributed by atoms with Crippen LogP contribution in [0.1, 0.15) is 16.0 Å². The van der Waals surface area contributed by atoms with Crippen LogP contribution in [0.15, 0.2) is 48.5 Å². The van der Waals surface area contributed by atoms with Gasteiger partial charge in [-0.2, -0.15) is 0 Å². The first-order valence-corrected chi connectivity index (χ1v) is 8.60. The summed E-state index contributed by atoms with van der Waals surface area (Å²) in [5, 5.41) is 3.54. The van der Waals surface area contributed by atoms with Crippen LogP contribution >= 0.6 is 43.5 Å². The van der Waals surface area contributed by atoms with E-state index in [0.717, 1.165) is 16.8 Å². The van der Waals surface area contributed by atoms with Gasteiger partial charge in [0, 0.05) is 10.7 Å². The maximum absolute atomic E-state index is 12.4. The number of hydrogen-bond donors (Lipinski definition) is 1. The Hall–Kier alpha value is -0.840. The van der Waals surface area contributed by atoms with Gasteiger partial charge >= 0.3 is 0 Å². The van der Waals surface area contributed by atoms with Gasteiger partial charge in [-0.05, 0) is 30.2 Å². The first-order valence-electron chi connectivity index (χ1n) is 6.39. The summed E-state index contributed by atoms with van der Waals surface area (Å²) >= 11 is 13.1. The highest BCUT2D eigenvalue weighted by atomic mass is 79.9. The number of anilines is 1. The predicted molar refractivity (Wildman–Crippen MR) is 95.6 cm³/mol. The minimum Gasteiger partial charge on any atom is -0.325 e. The van der Waals surface area contributed by atoms with Gasteiger partial charge in [-0.3, -0.25) is 4.79 Å². The van der Waals surface area contributed by atoms with Crippen LogP contribution in [0, 0.1) is 6.92 Å². The molecule has 0 heterocycles. The molecule has 2 aromatic rings. The molecule has 0 spiro atoms. The third-order valence-electron chi connectivity index (χ3n) is 3.15. The first kappa shape index (κ1) is 16.5. The molecule has 110 valence electrons. The Morgan fingerprint density at radius 3 is 2.43 bits per heavy atom. The summed E-state index contributed by atoms with van der Waals surface area (Å²) < 4.78 is 0. The van der Waals surface area contributed by atoms with E-state index in [9.17, 15) is 4.79 Å². The molecule has 0 radical (unpaired) electrons. The zero-order valence-corrected chi connectivity index (χ0v) is 15.2. The van der Waals surface area contributed by atoms with E-state index < -0.39 is 4.83 Å². The second kappa shape index (κ2) is 7.43. The van der Waals surface area contributed by atoms with Gasteiger partial charge in [-0.25, -0.2) is 0 Å². The highest BCUT2D eigenvalue weighted by molar-refractivity contribution is 9.12. The summed E-state index contributed by atoms with van der Waals surface area (Å²) in [7, 11) is 0. The third-order valence-corrected chi connectivity index (χ3v) is 6.27. The topological polar surface area (TPSA) is 29.1 Å². The summed E-state index contributed by atoms with van der Waals surface area (Å²) in [6, 6.07) is 15.3. The summed E-state index contributed by atoms with van der Waals surface area (Å²) in [4.78, 5) is 11.9. The summed E-state index contributed by atoms with van der Waals surface area (Å²) in [6.07, 6.45) is 0. The lowest BCUT2D eigenvalue weighted by molar-refractivity contribution is -0.115. The molecule has 0 unspecified atom stereocenters. The van der Waals surface area contributed by atoms with Crippen molar-refractivity contribution in [3.63, 3.8) is 0 Å². The standard InChI is InChI=1S/C16H14Br2ClNO/c1-10-12(19)8-5-9-13(10)20-16(21)15(18)14(17)11-6-3-2-4-7-11/h2-9,14-15H,1H3,(H,20,21)/t14-,15+/m1/s1. The Labute approximate surface area is 146 Å². The number of amides is 1. The van der Waals surface area contributed by atoms with Gasteiger partial charge in [0.2, 0.25) is 5.91 Å². The number of carbonyl (C=O) groups excluding carboxylic acids is 1. The van der Waals surface area contributed by atoms with Crippen LogP contribution in [0.4, 0.5) is 5.69 Å². The van der Waals surface area contributed by atoms with E-state index in [2.05, 4.69) is 37.2 Å². The molecule has 2 atom stereocenters. The normalized spacial score (nSPS) is 13.5. The van der Waals surface area contributed by atoms with Crippen molar-refractivity contribution in [2.45, 2.75) is 16.6 Å². The number of benzene rings is 2. The molecule has 0 fully saturated rings. The number of halogens is 3. The average molecular weight is 432 g/mol. The lowest BCUT2D eigenvalue weighted by Crippen LogP contribution is -2.26. The van der Waals surface area contributed by atoms with Gasteiger partial charge in [0.15, 0.2) is 0 Å². The van der Waals surface area contributed by atoms with Crippen molar-refractivity contribution in [1.82, 2.24) is 0 Å². The third kappa shape index (κ3) is 4.09. The molecular weight excluding hydrogens is 417 g/mol. The molecule has 0 aromatic heterocycles. The Balaban J connectivity index is 2.11. The highest BCUT2D eigenvalue weighted by Crippen LogP contribution is 2.32. The maximum Gasteiger partial charge on any atom is 0.239 e. The monoisotopic (exact) mass is 429 g/mol. The number of nitrogens with one attached hydrogen (secondary N) is 1. The number of carbonyl (C=O) groups is 1. The van der Waals surface area contributed by atoms with Crippen LogP contribution in [0.25, 0.3) is 0 Å². The summed E-state index contributed by atoms with van der Waals surface area (Å²) in [6.45, 7) is 1.88. The van der Waals surface area contributed by atoms with Crippen molar-refractivity contribution in [3.8, 4) is 0 Å². The van der Waals surface area contributed by atoms with Gasteiger partial charge < -0.3 is 5.32 Å². The molecule has 1 amide bonds. The van der Waals surface area contributed by atoms with E-state index in [1.54, 1.807) is 6.07 Å². The molecule has 2 aromatic carbocycles. The zero-order valence-electron chi connectivity index (χ0n) is 11.3. The minimum atomic E-state index is -0.390. The molecule has 0 saturated carbocycles. The Morgan fingerprint density at radius 1 is 1.10 bits per heavy atom. The number of rotatable bonds is 4. The second-order valence-corrected chi connectivity index (χ2v) is 7.00. The van der Waals surface area contributed by atoms with E-state index in [1.807, 2.05) is 49.4 Å². The molecule has 0 aliphatic carbocycles. The van der Waals surface area contributed by atoms with Crippen LogP contribution in [0.3, 0.4) is 0 Å². The number of alkyl halides is 2. The SMILES string of the molecule is Cc1c(Cl)cccc1NC(=O)[C@@H](Br)[C@H](Br)c1ccccc1. The molecule has 5 heteroatoms. The molecule has 0 aliphatic heterocycles. The minimum absolute atomic E-state index is 0.113. The molecule has 2 rings (SSSR count). The van der Waals surface area contributed by atoms with Crippen LogP contribution in [-0.4, -0.2) is 10.7 Å². The maximum atomic E-state index is 12.4. The fraction of sp³-hybridized carbons (Fsp3) is 0.188. The van der Waals surface area contributed by atoms with Gasteiger partial charge in [0.1, 0.15) is 4.83 Å². The molecule has 0 bridgehead atoms. The van der Waals surface area contributed by atoms with E-state index in [4.69, 9.17) is 11.6 Å². The van der Waals surface area contributed by atoms with Crippen molar-refractivity contribution in [3.05, 3.63) is 64.7 Å². The van der Waals surface area contributed by atoms with Crippen LogP contribution < -0.4 is 5.32 Å². The Morgan fingerprint density at radius 2 is 1.76 bits per heavy atom. The fourth-order valence-electron chi connectivity index (χ4n) is 1.88. The number of hydrogen-bond acceptors (Lipinski definition) is 1. The molecule has 1 N–H and O–H groups in total. The van der Waals surface area contributed by atoms with E-state index in [0.29, 0.717) is 5.02 Å². The van der Waals surface area contributed by atoms with Gasteiger partial charge in [0.25, 0.3) is 0 Å². The Kier molecular flexibility index (Phi) is 5.85. The van der Waals surface area contributed by atoms with Crippen molar-refractivity contribution in [2.75, 3.05) is 5.32 Å². The molecular formula is C16H14Br2ClNO. The highest BCUT2D eigenvalue weighted by Gasteiger charge is 2.25. The van der Waals surface area contributed by atoms with Crippen LogP contribution in [0.2, 0.25) is 5.02 Å². The van der Waals surface area contributed by atoms with E-state index >= 15 is 0 Å². The molecule has 0 aliphatic rings. The lowest BCUT2D eigenvalue weighted by atomic mass is 10.1. The van der Waals surface area contributed by atoms with Crippen LogP contribution in [0.5, 0.6) is 0 Å². The quantitative estimate of drug-likeness (QED) is 0.638.